The van der Waals surface area contributed by atoms with E-state index in [9.17, 15) is 8.42 Å². The standard InChI is InChI=1S/C22H23NO3S/c1-17-11-12-21(27(2,24)25)14-22(17)23-15-18-7-6-8-19(13-18)16-26-20-9-4-3-5-10-20/h3-14,23H,15-16H2,1-2H3. The molecule has 0 unspecified atom stereocenters. The van der Waals surface area contributed by atoms with Crippen molar-refractivity contribution in [2.75, 3.05) is 11.6 Å². The van der Waals surface area contributed by atoms with Crippen LogP contribution in [0.25, 0.3) is 0 Å². The zero-order chi connectivity index (χ0) is 19.3. The number of benzene rings is 3. The second-order valence-corrected chi connectivity index (χ2v) is 8.54. The van der Waals surface area contributed by atoms with E-state index < -0.39 is 9.84 Å². The molecule has 0 aliphatic heterocycles. The summed E-state index contributed by atoms with van der Waals surface area (Å²) in [5.74, 6) is 0.842. The van der Waals surface area contributed by atoms with Crippen LogP contribution < -0.4 is 10.1 Å². The number of hydrogen-bond acceptors (Lipinski definition) is 4. The van der Waals surface area contributed by atoms with Gasteiger partial charge in [0.05, 0.1) is 4.90 Å². The Labute approximate surface area is 160 Å². The Kier molecular flexibility index (Phi) is 5.81. The van der Waals surface area contributed by atoms with E-state index in [1.54, 1.807) is 12.1 Å². The number of ether oxygens (including phenoxy) is 1. The van der Waals surface area contributed by atoms with Crippen LogP contribution in [0.5, 0.6) is 5.75 Å². The summed E-state index contributed by atoms with van der Waals surface area (Å²) in [6.07, 6.45) is 1.22. The average molecular weight is 381 g/mol. The molecule has 4 nitrogen and oxygen atoms in total. The third-order valence-corrected chi connectivity index (χ3v) is 5.37. The smallest absolute Gasteiger partial charge is 0.175 e. The molecule has 5 heteroatoms. The molecular weight excluding hydrogens is 358 g/mol. The van der Waals surface area contributed by atoms with Crippen LogP contribution in [0.4, 0.5) is 5.69 Å². The molecule has 140 valence electrons. The van der Waals surface area contributed by atoms with Gasteiger partial charge in [-0.05, 0) is 47.9 Å². The van der Waals surface area contributed by atoms with Gasteiger partial charge >= 0.3 is 0 Å². The fraction of sp³-hybridized carbons (Fsp3) is 0.182. The molecule has 0 fully saturated rings. The van der Waals surface area contributed by atoms with Gasteiger partial charge in [0.25, 0.3) is 0 Å². The van der Waals surface area contributed by atoms with Crippen LogP contribution in [-0.4, -0.2) is 14.7 Å². The number of nitrogens with one attached hydrogen (secondary N) is 1. The summed E-state index contributed by atoms with van der Waals surface area (Å²) in [6.45, 7) is 3.06. The third kappa shape index (κ3) is 5.34. The molecule has 1 N–H and O–H groups in total. The molecule has 0 aromatic heterocycles. The first-order chi connectivity index (χ1) is 12.9. The predicted octanol–water partition coefficient (Wildman–Crippen LogP) is 4.59. The molecule has 0 spiro atoms. The lowest BCUT2D eigenvalue weighted by Gasteiger charge is -2.12. The van der Waals surface area contributed by atoms with E-state index in [1.807, 2.05) is 61.5 Å². The lowest BCUT2D eigenvalue weighted by molar-refractivity contribution is 0.306. The molecule has 27 heavy (non-hydrogen) atoms. The van der Waals surface area contributed by atoms with Gasteiger partial charge in [-0.1, -0.05) is 48.5 Å². The Bertz CT molecular complexity index is 1010. The van der Waals surface area contributed by atoms with E-state index in [0.29, 0.717) is 18.0 Å². The maximum atomic E-state index is 11.8. The van der Waals surface area contributed by atoms with Crippen molar-refractivity contribution in [3.63, 3.8) is 0 Å². The summed E-state index contributed by atoms with van der Waals surface area (Å²) >= 11 is 0. The van der Waals surface area contributed by atoms with Gasteiger partial charge in [0.2, 0.25) is 0 Å². The van der Waals surface area contributed by atoms with Gasteiger partial charge < -0.3 is 10.1 Å². The minimum atomic E-state index is -3.22. The molecule has 0 heterocycles. The van der Waals surface area contributed by atoms with Crippen LogP contribution in [0, 0.1) is 6.92 Å². The van der Waals surface area contributed by atoms with Gasteiger partial charge in [0.15, 0.2) is 9.84 Å². The van der Waals surface area contributed by atoms with Crippen molar-refractivity contribution in [1.29, 1.82) is 0 Å². The number of sulfone groups is 1. The van der Waals surface area contributed by atoms with Gasteiger partial charge in [0.1, 0.15) is 12.4 Å². The second kappa shape index (κ2) is 8.27. The summed E-state index contributed by atoms with van der Waals surface area (Å²) in [4.78, 5) is 0.320. The molecule has 0 saturated heterocycles. The first-order valence-corrected chi connectivity index (χ1v) is 10.6. The van der Waals surface area contributed by atoms with Gasteiger partial charge in [0, 0.05) is 18.5 Å². The molecule has 0 bridgehead atoms. The molecular formula is C22H23NO3S. The number of para-hydroxylation sites is 1. The summed E-state index contributed by atoms with van der Waals surface area (Å²) in [7, 11) is -3.22. The third-order valence-electron chi connectivity index (χ3n) is 4.26. The zero-order valence-electron chi connectivity index (χ0n) is 15.5. The van der Waals surface area contributed by atoms with Crippen LogP contribution in [0.15, 0.2) is 77.7 Å². The minimum absolute atomic E-state index is 0.320. The van der Waals surface area contributed by atoms with Gasteiger partial charge in [-0.25, -0.2) is 8.42 Å². The van der Waals surface area contributed by atoms with Crippen molar-refractivity contribution in [1.82, 2.24) is 0 Å². The predicted molar refractivity (Wildman–Crippen MR) is 109 cm³/mol. The van der Waals surface area contributed by atoms with Crippen LogP contribution in [0.1, 0.15) is 16.7 Å². The van der Waals surface area contributed by atoms with Crippen molar-refractivity contribution in [3.05, 3.63) is 89.5 Å². The van der Waals surface area contributed by atoms with E-state index >= 15 is 0 Å². The van der Waals surface area contributed by atoms with E-state index in [4.69, 9.17) is 4.74 Å². The van der Waals surface area contributed by atoms with Crippen molar-refractivity contribution in [2.45, 2.75) is 25.0 Å². The largest absolute Gasteiger partial charge is 0.489 e. The normalized spacial score (nSPS) is 11.2. The summed E-state index contributed by atoms with van der Waals surface area (Å²) in [5.41, 5.74) is 4.02. The fourth-order valence-electron chi connectivity index (χ4n) is 2.73. The molecule has 0 radical (unpaired) electrons. The molecule has 0 saturated carbocycles. The highest BCUT2D eigenvalue weighted by Gasteiger charge is 2.09. The second-order valence-electron chi connectivity index (χ2n) is 6.52. The van der Waals surface area contributed by atoms with Crippen LogP contribution in [0.3, 0.4) is 0 Å². The molecule has 3 aromatic rings. The highest BCUT2D eigenvalue weighted by Crippen LogP contribution is 2.21. The van der Waals surface area contributed by atoms with E-state index in [0.717, 1.165) is 28.1 Å². The van der Waals surface area contributed by atoms with Crippen LogP contribution >= 0.6 is 0 Å². The number of hydrogen-bond donors (Lipinski definition) is 1. The molecule has 0 amide bonds. The number of aryl methyl sites for hydroxylation is 1. The Balaban J connectivity index is 1.67. The first kappa shape index (κ1) is 19.0. The van der Waals surface area contributed by atoms with E-state index in [-0.39, 0.29) is 0 Å². The molecule has 3 rings (SSSR count). The molecule has 0 aliphatic rings. The maximum absolute atomic E-state index is 11.8. The molecule has 3 aromatic carbocycles. The van der Waals surface area contributed by atoms with Crippen molar-refractivity contribution in [2.24, 2.45) is 0 Å². The van der Waals surface area contributed by atoms with Crippen molar-refractivity contribution >= 4 is 15.5 Å². The zero-order valence-corrected chi connectivity index (χ0v) is 16.3. The SMILES string of the molecule is Cc1ccc(S(C)(=O)=O)cc1NCc1cccc(COc2ccccc2)c1. The maximum Gasteiger partial charge on any atom is 0.175 e. The highest BCUT2D eigenvalue weighted by atomic mass is 32.2. The summed E-state index contributed by atoms with van der Waals surface area (Å²) in [6, 6.07) is 23.0. The number of anilines is 1. The quantitative estimate of drug-likeness (QED) is 0.650. The Morgan fingerprint density at radius 3 is 2.37 bits per heavy atom. The molecule has 0 atom stereocenters. The van der Waals surface area contributed by atoms with Crippen LogP contribution in [-0.2, 0) is 23.0 Å². The minimum Gasteiger partial charge on any atom is -0.489 e. The van der Waals surface area contributed by atoms with Gasteiger partial charge in [-0.3, -0.25) is 0 Å². The summed E-state index contributed by atoms with van der Waals surface area (Å²) < 4.78 is 29.3. The lowest BCUT2D eigenvalue weighted by atomic mass is 10.1. The fourth-order valence-corrected chi connectivity index (χ4v) is 3.38. The van der Waals surface area contributed by atoms with Crippen LogP contribution in [0.2, 0.25) is 0 Å². The van der Waals surface area contributed by atoms with E-state index in [2.05, 4.69) is 11.4 Å². The topological polar surface area (TPSA) is 55.4 Å². The van der Waals surface area contributed by atoms with Gasteiger partial charge in [-0.2, -0.15) is 0 Å². The highest BCUT2D eigenvalue weighted by molar-refractivity contribution is 7.90. The Hall–Kier alpha value is -2.79. The Morgan fingerprint density at radius 2 is 1.63 bits per heavy atom. The average Bonchev–Trinajstić information content (AvgIpc) is 2.66. The number of rotatable bonds is 7. The Morgan fingerprint density at radius 1 is 0.889 bits per heavy atom. The van der Waals surface area contributed by atoms with Gasteiger partial charge in [-0.15, -0.1) is 0 Å². The monoisotopic (exact) mass is 381 g/mol. The molecule has 0 aliphatic carbocycles. The first-order valence-electron chi connectivity index (χ1n) is 8.72. The lowest BCUT2D eigenvalue weighted by Crippen LogP contribution is -2.04. The van der Waals surface area contributed by atoms with Crippen molar-refractivity contribution < 1.29 is 13.2 Å². The van der Waals surface area contributed by atoms with Crippen molar-refractivity contribution in [3.8, 4) is 5.75 Å². The van der Waals surface area contributed by atoms with E-state index in [1.165, 1.54) is 6.26 Å². The summed E-state index contributed by atoms with van der Waals surface area (Å²) in [5, 5.41) is 3.34.